The average molecular weight is 415 g/mol. The second-order valence-electron chi connectivity index (χ2n) is 11.6. The first kappa shape index (κ1) is 23.6. The predicted octanol–water partition coefficient (Wildman–Crippen LogP) is 7.59. The first-order chi connectivity index (χ1) is 13.3. The van der Waals surface area contributed by atoms with Gasteiger partial charge in [0.2, 0.25) is 0 Å². The zero-order chi connectivity index (χ0) is 20.4. The van der Waals surface area contributed by atoms with Gasteiger partial charge in [-0.15, -0.1) is 11.1 Å². The largest absolute Gasteiger partial charge is 0.672 e. The minimum atomic E-state index is 0.0503. The molecule has 0 aromatic heterocycles. The van der Waals surface area contributed by atoms with Crippen LogP contribution < -0.4 is 0 Å². The predicted molar refractivity (Wildman–Crippen MR) is 125 cm³/mol. The Labute approximate surface area is 188 Å². The maximum Gasteiger partial charge on any atom is -0.0420 e. The van der Waals surface area contributed by atoms with Gasteiger partial charge in [-0.2, -0.15) is 0 Å². The molecular weight excluding hydrogens is 370 g/mol. The Morgan fingerprint density at radius 3 is 0.714 bits per heavy atom. The van der Waals surface area contributed by atoms with E-state index >= 15 is 0 Å². The van der Waals surface area contributed by atoms with Gasteiger partial charge in [0.1, 0.15) is 0 Å². The minimum absolute atomic E-state index is 0.0503. The standard InChI is InChI=1S/2C10H16N.4CH3.2Al/c2*11-10-4-7-1-8(5-10)3-9(2-7)6-10;;;;;;/h2*7-9,11H,1-6H2;4*1H3;;/q2*-1;;;;;2*+1. The summed E-state index contributed by atoms with van der Waals surface area (Å²) in [7, 11) is 0. The quantitative estimate of drug-likeness (QED) is 0.367. The Morgan fingerprint density at radius 1 is 0.464 bits per heavy atom. The third-order valence-electron chi connectivity index (χ3n) is 8.08. The molecule has 0 amide bonds. The zero-order valence-electron chi connectivity index (χ0n) is 19.1. The van der Waals surface area contributed by atoms with Crippen molar-refractivity contribution < 1.29 is 0 Å². The van der Waals surface area contributed by atoms with Crippen LogP contribution in [-0.4, -0.2) is 41.5 Å². The third-order valence-corrected chi connectivity index (χ3v) is 8.08. The van der Waals surface area contributed by atoms with Crippen molar-refractivity contribution in [1.29, 1.82) is 0 Å². The minimum Gasteiger partial charge on any atom is -0.672 e. The number of nitrogens with one attached hydrogen (secondary N) is 2. The maximum atomic E-state index is 8.21. The summed E-state index contributed by atoms with van der Waals surface area (Å²) in [5.41, 5.74) is 16.5. The van der Waals surface area contributed by atoms with Crippen molar-refractivity contribution in [2.75, 3.05) is 0 Å². The normalized spacial score (nSPS) is 48.1. The Bertz CT molecular complexity index is 378. The Hall–Kier alpha value is 0.985. The Kier molecular flexibility index (Phi) is 8.50. The molecule has 8 bridgehead atoms. The van der Waals surface area contributed by atoms with Gasteiger partial charge in [-0.1, -0.05) is 38.5 Å². The van der Waals surface area contributed by atoms with Crippen molar-refractivity contribution in [2.24, 2.45) is 35.5 Å². The zero-order valence-corrected chi connectivity index (χ0v) is 21.4. The molecule has 8 rings (SSSR count). The molecule has 8 fully saturated rings. The van der Waals surface area contributed by atoms with Crippen molar-refractivity contribution in [1.82, 2.24) is 0 Å². The maximum absolute atomic E-state index is 8.21. The first-order valence-electron chi connectivity index (χ1n) is 12.3. The van der Waals surface area contributed by atoms with E-state index in [1.165, 1.54) is 77.0 Å². The summed E-state index contributed by atoms with van der Waals surface area (Å²) in [5.74, 6) is 14.6. The summed E-state index contributed by atoms with van der Waals surface area (Å²) < 4.78 is 0. The van der Waals surface area contributed by atoms with Gasteiger partial charge in [0.25, 0.3) is 0 Å². The molecule has 8 aliphatic carbocycles. The van der Waals surface area contributed by atoms with Crippen LogP contribution in [0.2, 0.25) is 23.1 Å². The Balaban J connectivity index is 0.000000127. The molecule has 156 valence electrons. The molecule has 0 saturated heterocycles. The molecule has 4 heteroatoms. The molecule has 28 heavy (non-hydrogen) atoms. The van der Waals surface area contributed by atoms with Gasteiger partial charge in [0.15, 0.2) is 0 Å². The van der Waals surface area contributed by atoms with Crippen LogP contribution >= 0.6 is 0 Å². The number of rotatable bonds is 0. The van der Waals surface area contributed by atoms with Crippen molar-refractivity contribution in [3.63, 3.8) is 0 Å². The second-order valence-corrected chi connectivity index (χ2v) is 13.9. The van der Waals surface area contributed by atoms with Crippen molar-refractivity contribution in [3.8, 4) is 0 Å². The van der Waals surface area contributed by atoms with Crippen LogP contribution in [0, 0.1) is 35.5 Å². The summed E-state index contributed by atoms with van der Waals surface area (Å²) in [6.45, 7) is 0. The smallest absolute Gasteiger partial charge is 0.0420 e. The summed E-state index contributed by atoms with van der Waals surface area (Å²) in [5, 5.41) is 0. The Morgan fingerprint density at radius 2 is 0.607 bits per heavy atom. The molecule has 0 unspecified atom stereocenters. The van der Waals surface area contributed by atoms with E-state index in [2.05, 4.69) is 23.1 Å². The van der Waals surface area contributed by atoms with Crippen LogP contribution in [0.3, 0.4) is 0 Å². The summed E-state index contributed by atoms with van der Waals surface area (Å²) in [4.78, 5) is 0. The van der Waals surface area contributed by atoms with E-state index in [1.807, 2.05) is 0 Å². The van der Waals surface area contributed by atoms with Gasteiger partial charge in [0.05, 0.1) is 0 Å². The van der Waals surface area contributed by atoms with Crippen molar-refractivity contribution >= 4 is 30.4 Å². The molecule has 0 spiro atoms. The van der Waals surface area contributed by atoms with E-state index < -0.39 is 0 Å². The first-order valence-corrected chi connectivity index (χ1v) is 16.9. The van der Waals surface area contributed by atoms with Gasteiger partial charge < -0.3 is 11.5 Å². The summed E-state index contributed by atoms with van der Waals surface area (Å²) in [6, 6.07) is 0. The van der Waals surface area contributed by atoms with Crippen molar-refractivity contribution in [2.45, 2.75) is 111 Å². The van der Waals surface area contributed by atoms with Crippen LogP contribution in [-0.2, 0) is 0 Å². The molecule has 2 N–H and O–H groups in total. The van der Waals surface area contributed by atoms with E-state index in [-0.39, 0.29) is 11.1 Å². The number of hydrogen-bond acceptors (Lipinski definition) is 0. The molecule has 2 nitrogen and oxygen atoms in total. The fourth-order valence-electron chi connectivity index (χ4n) is 8.22. The van der Waals surface area contributed by atoms with E-state index in [1.54, 1.807) is 0 Å². The molecule has 8 aliphatic rings. The molecule has 0 radical (unpaired) electrons. The molecule has 0 atom stereocenters. The topological polar surface area (TPSA) is 47.6 Å². The van der Waals surface area contributed by atoms with Gasteiger partial charge in [0, 0.05) is 0 Å². The summed E-state index contributed by atoms with van der Waals surface area (Å²) >= 11 is 1.50. The van der Waals surface area contributed by atoms with Crippen LogP contribution in [0.4, 0.5) is 0 Å². The fraction of sp³-hybridized carbons (Fsp3) is 1.00. The van der Waals surface area contributed by atoms with Crippen LogP contribution in [0.1, 0.15) is 77.0 Å². The van der Waals surface area contributed by atoms with Gasteiger partial charge in [-0.25, -0.2) is 0 Å². The average Bonchev–Trinajstić information content (AvgIpc) is 2.52. The molecule has 0 heterocycles. The molecular formula is C24H44Al2N2. The SMILES string of the molecule is [CH3][Al+][CH3].[CH3][Al+][CH3].[NH-]C12CC3CC(CC(C3)C1)C2.[NH-]C12CC3CC(CC(C3)C1)C2. The van der Waals surface area contributed by atoms with Crippen molar-refractivity contribution in [3.05, 3.63) is 11.5 Å². The second kappa shape index (κ2) is 10.1. The van der Waals surface area contributed by atoms with E-state index in [4.69, 9.17) is 11.5 Å². The molecule has 8 saturated carbocycles. The van der Waals surface area contributed by atoms with E-state index in [0.29, 0.717) is 0 Å². The summed E-state index contributed by atoms with van der Waals surface area (Å²) in [6.07, 6.45) is 16.2. The van der Waals surface area contributed by atoms with E-state index in [0.717, 1.165) is 65.9 Å². The van der Waals surface area contributed by atoms with E-state index in [9.17, 15) is 0 Å². The monoisotopic (exact) mass is 414 g/mol. The van der Waals surface area contributed by atoms with Gasteiger partial charge in [-0.05, 0) is 74.0 Å². The molecule has 0 aromatic carbocycles. The molecule has 0 aromatic rings. The number of hydrogen-bond donors (Lipinski definition) is 0. The van der Waals surface area contributed by atoms with Crippen LogP contribution in [0.25, 0.3) is 11.5 Å². The third kappa shape index (κ3) is 6.03. The van der Waals surface area contributed by atoms with Crippen LogP contribution in [0.15, 0.2) is 0 Å². The van der Waals surface area contributed by atoms with Gasteiger partial charge in [-0.3, -0.25) is 0 Å². The molecule has 0 aliphatic heterocycles. The van der Waals surface area contributed by atoms with Gasteiger partial charge >= 0.3 is 53.6 Å². The fourth-order valence-corrected chi connectivity index (χ4v) is 8.22. The van der Waals surface area contributed by atoms with Crippen LogP contribution in [0.5, 0.6) is 0 Å².